The Morgan fingerprint density at radius 3 is 2.22 bits per heavy atom. The van der Waals surface area contributed by atoms with Crippen LogP contribution in [-0.4, -0.2) is 36.3 Å². The van der Waals surface area contributed by atoms with Gasteiger partial charge in [-0.3, -0.25) is 19.3 Å². The number of imide groups is 1. The van der Waals surface area contributed by atoms with E-state index in [1.165, 1.54) is 18.2 Å². The average Bonchev–Trinajstić information content (AvgIpc) is 3.61. The van der Waals surface area contributed by atoms with Gasteiger partial charge in [0.25, 0.3) is 0 Å². The van der Waals surface area contributed by atoms with Gasteiger partial charge in [0.15, 0.2) is 6.61 Å². The fourth-order valence-electron chi connectivity index (χ4n) is 5.80. The molecule has 1 aromatic heterocycles. The molecule has 2 aromatic rings. The summed E-state index contributed by atoms with van der Waals surface area (Å²) in [5.41, 5.74) is 0.986. The third kappa shape index (κ3) is 2.80. The minimum absolute atomic E-state index is 0.0828. The molecule has 1 aliphatic heterocycles. The van der Waals surface area contributed by atoms with Crippen LogP contribution in [0.1, 0.15) is 16.8 Å². The van der Waals surface area contributed by atoms with Crippen molar-refractivity contribution in [1.82, 2.24) is 4.98 Å². The van der Waals surface area contributed by atoms with E-state index in [0.29, 0.717) is 34.7 Å². The van der Waals surface area contributed by atoms with E-state index in [1.807, 2.05) is 0 Å². The first-order valence-corrected chi connectivity index (χ1v) is 10.9. The standard InChI is InChI=1S/C25H22N2O5/c1-31-21-9-2-13(11-26-21)20(28)12-32-15-5-3-14(4-6-15)27-24(29)22-16-7-8-17(19-10-18(16)19)23(22)25(27)30/h2-9,11,16-19,22-23H,10,12H2,1H3/t16-,17+,18?,19?,22-,23+. The lowest BCUT2D eigenvalue weighted by Gasteiger charge is -2.37. The molecule has 3 fully saturated rings. The van der Waals surface area contributed by atoms with Gasteiger partial charge in [0.1, 0.15) is 5.75 Å². The molecule has 32 heavy (non-hydrogen) atoms. The second-order valence-corrected chi connectivity index (χ2v) is 8.96. The number of anilines is 1. The number of carbonyl (C=O) groups excluding carboxylic acids is 3. The lowest BCUT2D eigenvalue weighted by molar-refractivity contribution is -0.124. The van der Waals surface area contributed by atoms with Crippen molar-refractivity contribution in [2.45, 2.75) is 6.42 Å². The van der Waals surface area contributed by atoms with Crippen LogP contribution in [0, 0.1) is 35.5 Å². The van der Waals surface area contributed by atoms with Gasteiger partial charge < -0.3 is 9.47 Å². The number of benzene rings is 1. The fraction of sp³-hybridized carbons (Fsp3) is 0.360. The highest BCUT2D eigenvalue weighted by atomic mass is 16.5. The number of amides is 2. The summed E-state index contributed by atoms with van der Waals surface area (Å²) in [5.74, 6) is 1.69. The molecule has 4 aliphatic carbocycles. The van der Waals surface area contributed by atoms with E-state index in [-0.39, 0.29) is 47.9 Å². The van der Waals surface area contributed by atoms with E-state index >= 15 is 0 Å². The number of Topliss-reactive ketones (excluding diaryl/α,β-unsaturated/α-hetero) is 1. The van der Waals surface area contributed by atoms with Crippen molar-refractivity contribution in [2.24, 2.45) is 35.5 Å². The zero-order chi connectivity index (χ0) is 22.0. The number of nitrogens with zero attached hydrogens (tertiary/aromatic N) is 2. The Kier molecular flexibility index (Phi) is 4.22. The summed E-state index contributed by atoms with van der Waals surface area (Å²) in [5, 5.41) is 0. The van der Waals surface area contributed by atoms with E-state index in [4.69, 9.17) is 9.47 Å². The predicted molar refractivity (Wildman–Crippen MR) is 114 cm³/mol. The zero-order valence-corrected chi connectivity index (χ0v) is 17.5. The van der Waals surface area contributed by atoms with E-state index in [1.54, 1.807) is 36.4 Å². The van der Waals surface area contributed by atoms with Crippen LogP contribution >= 0.6 is 0 Å². The molecule has 0 spiro atoms. The minimum atomic E-state index is -0.215. The summed E-state index contributed by atoms with van der Waals surface area (Å²) in [7, 11) is 1.51. The number of carbonyl (C=O) groups is 3. The van der Waals surface area contributed by atoms with Crippen molar-refractivity contribution >= 4 is 23.3 Å². The highest BCUT2D eigenvalue weighted by molar-refractivity contribution is 6.22. The number of hydrogen-bond acceptors (Lipinski definition) is 6. The Labute approximate surface area is 185 Å². The molecule has 1 saturated heterocycles. The predicted octanol–water partition coefficient (Wildman–Crippen LogP) is 2.91. The van der Waals surface area contributed by atoms with Crippen LogP contribution in [0.15, 0.2) is 54.7 Å². The topological polar surface area (TPSA) is 85.8 Å². The van der Waals surface area contributed by atoms with Crippen molar-refractivity contribution < 1.29 is 23.9 Å². The van der Waals surface area contributed by atoms with Gasteiger partial charge in [-0.25, -0.2) is 4.98 Å². The second-order valence-electron chi connectivity index (χ2n) is 8.96. The number of methoxy groups -OCH3 is 1. The number of ketones is 1. The first-order chi connectivity index (χ1) is 15.6. The van der Waals surface area contributed by atoms with Crippen LogP contribution < -0.4 is 14.4 Å². The normalized spacial score (nSPS) is 31.3. The molecular formula is C25H22N2O5. The van der Waals surface area contributed by atoms with Gasteiger partial charge in [-0.1, -0.05) is 12.2 Å². The monoisotopic (exact) mass is 430 g/mol. The lowest BCUT2D eigenvalue weighted by atomic mass is 9.63. The number of pyridine rings is 1. The molecule has 0 N–H and O–H groups in total. The zero-order valence-electron chi connectivity index (χ0n) is 17.5. The van der Waals surface area contributed by atoms with Crippen LogP contribution in [-0.2, 0) is 9.59 Å². The maximum atomic E-state index is 13.2. The summed E-state index contributed by atoms with van der Waals surface area (Å²) in [6.45, 7) is -0.142. The molecule has 7 nitrogen and oxygen atoms in total. The van der Waals surface area contributed by atoms with Crippen LogP contribution in [0.3, 0.4) is 0 Å². The van der Waals surface area contributed by atoms with Gasteiger partial charge in [-0.05, 0) is 60.4 Å². The van der Waals surface area contributed by atoms with Crippen molar-refractivity contribution in [3.05, 3.63) is 60.3 Å². The number of aromatic nitrogens is 1. The van der Waals surface area contributed by atoms with Gasteiger partial charge >= 0.3 is 0 Å². The van der Waals surface area contributed by atoms with Crippen LogP contribution in [0.25, 0.3) is 0 Å². The molecule has 0 radical (unpaired) electrons. The Morgan fingerprint density at radius 2 is 1.66 bits per heavy atom. The molecule has 2 bridgehead atoms. The van der Waals surface area contributed by atoms with Gasteiger partial charge in [-0.15, -0.1) is 0 Å². The molecular weight excluding hydrogens is 408 g/mol. The maximum Gasteiger partial charge on any atom is 0.238 e. The van der Waals surface area contributed by atoms with Gasteiger partial charge in [0, 0.05) is 17.8 Å². The number of ether oxygens (including phenoxy) is 2. The summed E-state index contributed by atoms with van der Waals surface area (Å²) in [4.78, 5) is 44.1. The van der Waals surface area contributed by atoms with Crippen LogP contribution in [0.4, 0.5) is 5.69 Å². The van der Waals surface area contributed by atoms with E-state index in [0.717, 1.165) is 6.42 Å². The Balaban J connectivity index is 1.14. The van der Waals surface area contributed by atoms with E-state index < -0.39 is 0 Å². The van der Waals surface area contributed by atoms with Crippen molar-refractivity contribution in [3.63, 3.8) is 0 Å². The summed E-state index contributed by atoms with van der Waals surface area (Å²) in [6, 6.07) is 10.0. The molecule has 2 saturated carbocycles. The SMILES string of the molecule is COc1ccc(C(=O)COc2ccc(N3C(=O)[C@@H]4[C@H](C3=O)[C@@H]3C=C[C@H]4C4CC43)cc2)cn1. The first kappa shape index (κ1) is 19.2. The summed E-state index contributed by atoms with van der Waals surface area (Å²) in [6.07, 6.45) is 6.93. The van der Waals surface area contributed by atoms with Crippen molar-refractivity contribution in [1.29, 1.82) is 0 Å². The van der Waals surface area contributed by atoms with Gasteiger partial charge in [0.2, 0.25) is 23.5 Å². The molecule has 162 valence electrons. The van der Waals surface area contributed by atoms with Crippen LogP contribution in [0.5, 0.6) is 11.6 Å². The van der Waals surface area contributed by atoms with E-state index in [9.17, 15) is 14.4 Å². The molecule has 5 aliphatic rings. The quantitative estimate of drug-likeness (QED) is 0.398. The van der Waals surface area contributed by atoms with Gasteiger partial charge in [-0.2, -0.15) is 0 Å². The third-order valence-electron chi connectivity index (χ3n) is 7.40. The first-order valence-electron chi connectivity index (χ1n) is 10.9. The number of allylic oxidation sites excluding steroid dienone is 2. The highest BCUT2D eigenvalue weighted by Crippen LogP contribution is 2.65. The molecule has 2 amide bonds. The Morgan fingerprint density at radius 1 is 1.00 bits per heavy atom. The lowest BCUT2D eigenvalue weighted by Crippen LogP contribution is -2.40. The molecule has 2 unspecified atom stereocenters. The Bertz CT molecular complexity index is 1100. The highest BCUT2D eigenvalue weighted by Gasteiger charge is 2.67. The molecule has 7 heteroatoms. The van der Waals surface area contributed by atoms with E-state index in [2.05, 4.69) is 17.1 Å². The van der Waals surface area contributed by atoms with Crippen molar-refractivity contribution in [3.8, 4) is 11.6 Å². The summed E-state index contributed by atoms with van der Waals surface area (Å²) < 4.78 is 10.6. The van der Waals surface area contributed by atoms with Crippen LogP contribution in [0.2, 0.25) is 0 Å². The maximum absolute atomic E-state index is 13.2. The fourth-order valence-corrected chi connectivity index (χ4v) is 5.80. The average molecular weight is 430 g/mol. The number of rotatable bonds is 6. The molecule has 2 heterocycles. The molecule has 6 atom stereocenters. The second kappa shape index (κ2) is 7.02. The minimum Gasteiger partial charge on any atom is -0.485 e. The number of hydrogen-bond donors (Lipinski definition) is 0. The van der Waals surface area contributed by atoms with Crippen molar-refractivity contribution in [2.75, 3.05) is 18.6 Å². The third-order valence-corrected chi connectivity index (χ3v) is 7.40. The van der Waals surface area contributed by atoms with Gasteiger partial charge in [0.05, 0.1) is 24.6 Å². The smallest absolute Gasteiger partial charge is 0.238 e. The Hall–Kier alpha value is -3.48. The molecule has 7 rings (SSSR count). The largest absolute Gasteiger partial charge is 0.485 e. The molecule has 1 aromatic carbocycles. The summed E-state index contributed by atoms with van der Waals surface area (Å²) >= 11 is 0.